The van der Waals surface area contributed by atoms with Crippen molar-refractivity contribution < 1.29 is 0 Å². The van der Waals surface area contributed by atoms with E-state index in [0.29, 0.717) is 6.04 Å². The van der Waals surface area contributed by atoms with Crippen LogP contribution in [0.2, 0.25) is 0 Å². The van der Waals surface area contributed by atoms with Crippen LogP contribution in [0.4, 0.5) is 5.95 Å². The summed E-state index contributed by atoms with van der Waals surface area (Å²) in [7, 11) is 0. The molecule has 0 bridgehead atoms. The summed E-state index contributed by atoms with van der Waals surface area (Å²) in [5.41, 5.74) is 0.962. The molecule has 1 aromatic rings. The Morgan fingerprint density at radius 2 is 1.87 bits per heavy atom. The van der Waals surface area contributed by atoms with E-state index >= 15 is 0 Å². The first-order chi connectivity index (χ1) is 7.38. The van der Waals surface area contributed by atoms with Crippen molar-refractivity contribution in [1.82, 2.24) is 9.97 Å². The average molecular weight is 203 g/mol. The SMILES string of the molecule is C=Cc1cnc(NC2CCCCC2)nc1. The fourth-order valence-corrected chi connectivity index (χ4v) is 1.95. The third kappa shape index (κ3) is 2.78. The van der Waals surface area contributed by atoms with Crippen LogP contribution in [-0.2, 0) is 0 Å². The average Bonchev–Trinajstić information content (AvgIpc) is 2.31. The van der Waals surface area contributed by atoms with Crippen LogP contribution in [0.15, 0.2) is 19.0 Å². The van der Waals surface area contributed by atoms with E-state index in [2.05, 4.69) is 21.9 Å². The Labute approximate surface area is 90.6 Å². The Bertz CT molecular complexity index is 312. The molecule has 1 aliphatic rings. The lowest BCUT2D eigenvalue weighted by molar-refractivity contribution is 0.461. The van der Waals surface area contributed by atoms with E-state index in [1.807, 2.05) is 0 Å². The third-order valence-electron chi connectivity index (χ3n) is 2.85. The highest BCUT2D eigenvalue weighted by molar-refractivity contribution is 5.44. The van der Waals surface area contributed by atoms with Gasteiger partial charge in [0.15, 0.2) is 0 Å². The Balaban J connectivity index is 1.94. The lowest BCUT2D eigenvalue weighted by atomic mass is 9.96. The Morgan fingerprint density at radius 3 is 2.47 bits per heavy atom. The van der Waals surface area contributed by atoms with Crippen molar-refractivity contribution >= 4 is 12.0 Å². The lowest BCUT2D eigenvalue weighted by Crippen LogP contribution is -2.23. The van der Waals surface area contributed by atoms with E-state index in [-0.39, 0.29) is 0 Å². The molecule has 1 aromatic heterocycles. The molecular formula is C12H17N3. The van der Waals surface area contributed by atoms with E-state index in [0.717, 1.165) is 11.5 Å². The molecule has 3 heteroatoms. The molecule has 0 radical (unpaired) electrons. The molecule has 0 aromatic carbocycles. The van der Waals surface area contributed by atoms with Gasteiger partial charge in [-0.05, 0) is 12.8 Å². The van der Waals surface area contributed by atoms with Crippen molar-refractivity contribution in [3.05, 3.63) is 24.5 Å². The zero-order valence-electron chi connectivity index (χ0n) is 8.95. The zero-order valence-corrected chi connectivity index (χ0v) is 8.95. The van der Waals surface area contributed by atoms with Crippen LogP contribution in [0.5, 0.6) is 0 Å². The highest BCUT2D eigenvalue weighted by Gasteiger charge is 2.13. The fourth-order valence-electron chi connectivity index (χ4n) is 1.95. The minimum Gasteiger partial charge on any atom is -0.351 e. The monoisotopic (exact) mass is 203 g/mol. The summed E-state index contributed by atoms with van der Waals surface area (Å²) in [5, 5.41) is 3.38. The van der Waals surface area contributed by atoms with E-state index < -0.39 is 0 Å². The van der Waals surface area contributed by atoms with Crippen molar-refractivity contribution in [3.63, 3.8) is 0 Å². The minimum absolute atomic E-state index is 0.563. The molecule has 0 unspecified atom stereocenters. The molecule has 0 amide bonds. The van der Waals surface area contributed by atoms with Gasteiger partial charge >= 0.3 is 0 Å². The molecule has 3 nitrogen and oxygen atoms in total. The summed E-state index contributed by atoms with van der Waals surface area (Å²) < 4.78 is 0. The molecule has 15 heavy (non-hydrogen) atoms. The van der Waals surface area contributed by atoms with E-state index in [1.54, 1.807) is 18.5 Å². The van der Waals surface area contributed by atoms with Gasteiger partial charge in [0, 0.05) is 24.0 Å². The Kier molecular flexibility index (Phi) is 3.33. The van der Waals surface area contributed by atoms with Crippen LogP contribution in [-0.4, -0.2) is 16.0 Å². The van der Waals surface area contributed by atoms with Gasteiger partial charge < -0.3 is 5.32 Å². The fraction of sp³-hybridized carbons (Fsp3) is 0.500. The number of anilines is 1. The molecule has 0 aliphatic heterocycles. The maximum atomic E-state index is 4.25. The molecule has 1 heterocycles. The van der Waals surface area contributed by atoms with Crippen molar-refractivity contribution in [2.24, 2.45) is 0 Å². The Morgan fingerprint density at radius 1 is 1.20 bits per heavy atom. The lowest BCUT2D eigenvalue weighted by Gasteiger charge is -2.22. The first-order valence-corrected chi connectivity index (χ1v) is 5.59. The molecule has 0 spiro atoms. The number of nitrogens with zero attached hydrogens (tertiary/aromatic N) is 2. The molecule has 80 valence electrons. The summed E-state index contributed by atoms with van der Waals surface area (Å²) >= 11 is 0. The first-order valence-electron chi connectivity index (χ1n) is 5.59. The molecule has 2 rings (SSSR count). The molecule has 1 aliphatic carbocycles. The van der Waals surface area contributed by atoms with Gasteiger partial charge in [0.25, 0.3) is 0 Å². The van der Waals surface area contributed by atoms with Crippen molar-refractivity contribution in [2.75, 3.05) is 5.32 Å². The highest BCUT2D eigenvalue weighted by Crippen LogP contribution is 2.19. The predicted octanol–water partition coefficient (Wildman–Crippen LogP) is 2.86. The molecule has 1 saturated carbocycles. The normalized spacial score (nSPS) is 17.3. The number of nitrogens with one attached hydrogen (secondary N) is 1. The van der Waals surface area contributed by atoms with Crippen molar-refractivity contribution in [3.8, 4) is 0 Å². The first kappa shape index (κ1) is 10.1. The number of hydrogen-bond donors (Lipinski definition) is 1. The third-order valence-corrected chi connectivity index (χ3v) is 2.85. The van der Waals surface area contributed by atoms with Gasteiger partial charge in [-0.15, -0.1) is 0 Å². The van der Waals surface area contributed by atoms with Gasteiger partial charge in [-0.3, -0.25) is 0 Å². The number of hydrogen-bond acceptors (Lipinski definition) is 3. The van der Waals surface area contributed by atoms with Crippen molar-refractivity contribution in [2.45, 2.75) is 38.1 Å². The molecular weight excluding hydrogens is 186 g/mol. The summed E-state index contributed by atoms with van der Waals surface area (Å²) in [5.74, 6) is 0.743. The molecule has 0 saturated heterocycles. The molecule has 1 fully saturated rings. The zero-order chi connectivity index (χ0) is 10.5. The molecule has 1 N–H and O–H groups in total. The second-order valence-corrected chi connectivity index (χ2v) is 4.02. The predicted molar refractivity (Wildman–Crippen MR) is 62.6 cm³/mol. The number of aromatic nitrogens is 2. The Hall–Kier alpha value is -1.38. The van der Waals surface area contributed by atoms with Gasteiger partial charge in [0.2, 0.25) is 5.95 Å². The van der Waals surface area contributed by atoms with Crippen LogP contribution in [0.25, 0.3) is 6.08 Å². The largest absolute Gasteiger partial charge is 0.351 e. The van der Waals surface area contributed by atoms with E-state index in [9.17, 15) is 0 Å². The van der Waals surface area contributed by atoms with Crippen LogP contribution in [0.1, 0.15) is 37.7 Å². The van der Waals surface area contributed by atoms with Gasteiger partial charge in [0.1, 0.15) is 0 Å². The van der Waals surface area contributed by atoms with Crippen LogP contribution >= 0.6 is 0 Å². The second kappa shape index (κ2) is 4.91. The summed E-state index contributed by atoms with van der Waals surface area (Å²) in [4.78, 5) is 8.50. The van der Waals surface area contributed by atoms with E-state index in [4.69, 9.17) is 0 Å². The maximum Gasteiger partial charge on any atom is 0.222 e. The second-order valence-electron chi connectivity index (χ2n) is 4.02. The van der Waals surface area contributed by atoms with Gasteiger partial charge in [-0.1, -0.05) is 31.9 Å². The quantitative estimate of drug-likeness (QED) is 0.820. The summed E-state index contributed by atoms with van der Waals surface area (Å²) in [6.07, 6.45) is 11.8. The smallest absolute Gasteiger partial charge is 0.222 e. The van der Waals surface area contributed by atoms with Crippen LogP contribution < -0.4 is 5.32 Å². The minimum atomic E-state index is 0.563. The van der Waals surface area contributed by atoms with Gasteiger partial charge in [-0.2, -0.15) is 0 Å². The van der Waals surface area contributed by atoms with Gasteiger partial charge in [0.05, 0.1) is 0 Å². The van der Waals surface area contributed by atoms with Crippen molar-refractivity contribution in [1.29, 1.82) is 0 Å². The van der Waals surface area contributed by atoms with Gasteiger partial charge in [-0.25, -0.2) is 9.97 Å². The van der Waals surface area contributed by atoms with Crippen LogP contribution in [0, 0.1) is 0 Å². The van der Waals surface area contributed by atoms with E-state index in [1.165, 1.54) is 32.1 Å². The maximum absolute atomic E-state index is 4.25. The molecule has 0 atom stereocenters. The highest BCUT2D eigenvalue weighted by atomic mass is 15.1. The van der Waals surface area contributed by atoms with Crippen LogP contribution in [0.3, 0.4) is 0 Å². The summed E-state index contributed by atoms with van der Waals surface area (Å²) in [6, 6.07) is 0.563. The topological polar surface area (TPSA) is 37.8 Å². The number of rotatable bonds is 3. The summed E-state index contributed by atoms with van der Waals surface area (Å²) in [6.45, 7) is 3.68. The standard InChI is InChI=1S/C12H17N3/c1-2-10-8-13-12(14-9-10)15-11-6-4-3-5-7-11/h2,8-9,11H,1,3-7H2,(H,13,14,15).